The van der Waals surface area contributed by atoms with Crippen molar-refractivity contribution in [2.45, 2.75) is 426 Å². The van der Waals surface area contributed by atoms with Crippen LogP contribution in [0.2, 0.25) is 0 Å². The van der Waals surface area contributed by atoms with Crippen molar-refractivity contribution >= 4 is 5.91 Å². The summed E-state index contributed by atoms with van der Waals surface area (Å²) in [5.41, 5.74) is 0. The second kappa shape index (κ2) is 59.4. The Morgan fingerprint density at radius 1 is 0.371 bits per heavy atom. The number of nitrogens with one attached hydrogen (secondary N) is 1. The lowest BCUT2D eigenvalue weighted by Crippen LogP contribution is -2.66. The van der Waals surface area contributed by atoms with Crippen LogP contribution in [0.1, 0.15) is 322 Å². The summed E-state index contributed by atoms with van der Waals surface area (Å²) in [6.07, 6.45) is 45.5. The molecule has 17 atom stereocenters. The minimum absolute atomic E-state index is 0.244. The first-order chi connectivity index (χ1) is 47.3. The van der Waals surface area contributed by atoms with Crippen molar-refractivity contribution in [3.63, 3.8) is 0 Å². The van der Waals surface area contributed by atoms with Crippen LogP contribution in [-0.4, -0.2) is 193 Å². The highest BCUT2D eigenvalue weighted by atomic mass is 16.8. The number of carbonyl (C=O) groups is 1. The standard InChI is InChI=1S/C78H145NO18/c1-3-5-7-9-11-13-15-17-19-21-23-25-27-29-30-32-33-35-37-39-41-43-45-47-49-51-53-55-62(83)61(79-66(84)56-54-52-50-48-46-44-42-40-38-36-34-31-28-26-24-22-20-18-16-14-12-10-8-6-4-2)60-92-76-72(90)69(87)74(64(58-81)94-76)97-78-73(91)70(88)75(65(59-82)95-78)96-77-71(89)68(86)67(85)63(57-80)93-77/h16,18,22,24,53,55,61-65,67-78,80-83,85-91H,3-15,17,19-21,23,25-52,54,56-60H2,1-2H3,(H,79,84)/b18-16-,24-22-,55-53+. The molecule has 12 N–H and O–H groups in total. The molecule has 19 heteroatoms. The summed E-state index contributed by atoms with van der Waals surface area (Å²) in [5.74, 6) is -0.272. The summed E-state index contributed by atoms with van der Waals surface area (Å²) in [6, 6.07) is -0.975. The minimum Gasteiger partial charge on any atom is -0.394 e. The first-order valence-electron chi connectivity index (χ1n) is 39.7. The van der Waals surface area contributed by atoms with Crippen LogP contribution < -0.4 is 5.32 Å². The molecule has 0 aromatic heterocycles. The summed E-state index contributed by atoms with van der Waals surface area (Å²) in [5, 5.41) is 121. The van der Waals surface area contributed by atoms with Crippen molar-refractivity contribution in [3.8, 4) is 0 Å². The summed E-state index contributed by atoms with van der Waals surface area (Å²) < 4.78 is 34.5. The molecule has 3 fully saturated rings. The van der Waals surface area contributed by atoms with Crippen molar-refractivity contribution in [1.82, 2.24) is 5.32 Å². The van der Waals surface area contributed by atoms with Crippen molar-refractivity contribution < 1.29 is 89.4 Å². The monoisotopic (exact) mass is 1380 g/mol. The number of hydrogen-bond acceptors (Lipinski definition) is 18. The molecule has 3 aliphatic rings. The quantitative estimate of drug-likeness (QED) is 0.0199. The molecule has 1 amide bonds. The van der Waals surface area contributed by atoms with E-state index in [2.05, 4.69) is 43.5 Å². The van der Waals surface area contributed by atoms with Gasteiger partial charge < -0.3 is 89.9 Å². The average molecular weight is 1390 g/mol. The van der Waals surface area contributed by atoms with Crippen LogP contribution in [0.3, 0.4) is 0 Å². The maximum absolute atomic E-state index is 13.5. The topological polar surface area (TPSA) is 307 Å². The molecule has 0 radical (unpaired) electrons. The third-order valence-electron chi connectivity index (χ3n) is 19.9. The normalized spacial score (nSPS) is 27.0. The molecule has 0 aliphatic carbocycles. The fourth-order valence-corrected chi connectivity index (χ4v) is 13.5. The Bertz CT molecular complexity index is 1900. The van der Waals surface area contributed by atoms with Gasteiger partial charge in [0.1, 0.15) is 73.2 Å². The van der Waals surface area contributed by atoms with Crippen LogP contribution in [0.25, 0.3) is 0 Å². The fourth-order valence-electron chi connectivity index (χ4n) is 13.5. The molecule has 0 aromatic carbocycles. The molecule has 3 aliphatic heterocycles. The van der Waals surface area contributed by atoms with Gasteiger partial charge in [-0.1, -0.05) is 301 Å². The molecule has 17 unspecified atom stereocenters. The van der Waals surface area contributed by atoms with Gasteiger partial charge in [-0.3, -0.25) is 4.79 Å². The van der Waals surface area contributed by atoms with Gasteiger partial charge in [-0.25, -0.2) is 0 Å². The van der Waals surface area contributed by atoms with Gasteiger partial charge in [0.25, 0.3) is 0 Å². The Kier molecular flexibility index (Phi) is 54.6. The predicted octanol–water partition coefficient (Wildman–Crippen LogP) is 12.7. The molecule has 3 heterocycles. The number of ether oxygens (including phenoxy) is 6. The van der Waals surface area contributed by atoms with Gasteiger partial charge in [0.2, 0.25) is 5.91 Å². The first-order valence-corrected chi connectivity index (χ1v) is 39.7. The number of carbonyl (C=O) groups excluding carboxylic acids is 1. The van der Waals surface area contributed by atoms with E-state index in [4.69, 9.17) is 28.4 Å². The molecule has 0 aromatic rings. The Balaban J connectivity index is 1.39. The lowest BCUT2D eigenvalue weighted by molar-refractivity contribution is -0.379. The largest absolute Gasteiger partial charge is 0.394 e. The molecule has 0 saturated carbocycles. The Labute approximate surface area is 587 Å². The summed E-state index contributed by atoms with van der Waals surface area (Å²) in [7, 11) is 0. The highest BCUT2D eigenvalue weighted by molar-refractivity contribution is 5.76. The first kappa shape index (κ1) is 89.2. The molecule has 3 saturated heterocycles. The fraction of sp³-hybridized carbons (Fsp3) is 0.910. The number of allylic oxidation sites excluding steroid dienone is 5. The molecule has 570 valence electrons. The van der Waals surface area contributed by atoms with Crippen LogP contribution in [0.5, 0.6) is 0 Å². The smallest absolute Gasteiger partial charge is 0.220 e. The van der Waals surface area contributed by atoms with Gasteiger partial charge in [0.15, 0.2) is 18.9 Å². The Hall–Kier alpha value is -1.99. The number of unbranched alkanes of at least 4 members (excludes halogenated alkanes) is 43. The second-order valence-electron chi connectivity index (χ2n) is 28.5. The Morgan fingerprint density at radius 3 is 1.05 bits per heavy atom. The third kappa shape index (κ3) is 40.0. The van der Waals surface area contributed by atoms with Crippen LogP contribution in [0.15, 0.2) is 36.5 Å². The highest BCUT2D eigenvalue weighted by Gasteiger charge is 2.53. The van der Waals surface area contributed by atoms with Crippen molar-refractivity contribution in [2.24, 2.45) is 0 Å². The van der Waals surface area contributed by atoms with E-state index in [1.165, 1.54) is 244 Å². The van der Waals surface area contributed by atoms with E-state index >= 15 is 0 Å². The van der Waals surface area contributed by atoms with E-state index in [0.29, 0.717) is 6.42 Å². The molecule has 3 rings (SSSR count). The zero-order chi connectivity index (χ0) is 70.4. The summed E-state index contributed by atoms with van der Waals surface area (Å²) >= 11 is 0. The van der Waals surface area contributed by atoms with Gasteiger partial charge in [0.05, 0.1) is 38.6 Å². The van der Waals surface area contributed by atoms with E-state index < -0.39 is 124 Å². The van der Waals surface area contributed by atoms with Crippen LogP contribution in [0, 0.1) is 0 Å². The van der Waals surface area contributed by atoms with E-state index in [-0.39, 0.29) is 18.9 Å². The zero-order valence-corrected chi connectivity index (χ0v) is 60.8. The Morgan fingerprint density at radius 2 is 0.680 bits per heavy atom. The van der Waals surface area contributed by atoms with E-state index in [0.717, 1.165) is 51.4 Å². The number of amides is 1. The maximum Gasteiger partial charge on any atom is 0.220 e. The van der Waals surface area contributed by atoms with Gasteiger partial charge in [0, 0.05) is 6.42 Å². The molecular formula is C78H145NO18. The molecule has 97 heavy (non-hydrogen) atoms. The lowest BCUT2D eigenvalue weighted by Gasteiger charge is -2.48. The van der Waals surface area contributed by atoms with Crippen LogP contribution in [0.4, 0.5) is 0 Å². The van der Waals surface area contributed by atoms with Gasteiger partial charge in [-0.2, -0.15) is 0 Å². The number of aliphatic hydroxyl groups is 11. The van der Waals surface area contributed by atoms with Crippen LogP contribution in [-0.2, 0) is 33.2 Å². The van der Waals surface area contributed by atoms with E-state index in [9.17, 15) is 61.0 Å². The van der Waals surface area contributed by atoms with Crippen molar-refractivity contribution in [1.29, 1.82) is 0 Å². The molecular weight excluding hydrogens is 1240 g/mol. The maximum atomic E-state index is 13.5. The minimum atomic E-state index is -1.98. The third-order valence-corrected chi connectivity index (χ3v) is 19.9. The number of hydrogen-bond donors (Lipinski definition) is 12. The van der Waals surface area contributed by atoms with Gasteiger partial charge >= 0.3 is 0 Å². The van der Waals surface area contributed by atoms with E-state index in [1.807, 2.05) is 6.08 Å². The van der Waals surface area contributed by atoms with E-state index in [1.54, 1.807) is 6.08 Å². The van der Waals surface area contributed by atoms with Crippen molar-refractivity contribution in [2.75, 3.05) is 26.4 Å². The van der Waals surface area contributed by atoms with Crippen molar-refractivity contribution in [3.05, 3.63) is 36.5 Å². The SMILES string of the molecule is CCCCCCC/C=C\C/C=C\CCCCCCCCCCCCCCCC(=O)NC(COC1OC(CO)C(OC2OC(CO)C(OC3OC(CO)C(O)C(O)C3O)C(O)C2O)C(O)C1O)C(O)/C=C/CCCCCCCCCCCCCCCCCCCCCCCCCCC. The second-order valence-corrected chi connectivity index (χ2v) is 28.5. The van der Waals surface area contributed by atoms with Crippen LogP contribution >= 0.6 is 0 Å². The number of rotatable bonds is 63. The lowest BCUT2D eigenvalue weighted by atomic mass is 9.96. The molecule has 0 bridgehead atoms. The summed E-state index contributed by atoms with van der Waals surface area (Å²) in [4.78, 5) is 13.5. The molecule has 0 spiro atoms. The van der Waals surface area contributed by atoms with Gasteiger partial charge in [-0.05, 0) is 51.4 Å². The summed E-state index contributed by atoms with van der Waals surface area (Å²) in [6.45, 7) is 1.77. The average Bonchev–Trinajstić information content (AvgIpc) is 0.797. The highest BCUT2D eigenvalue weighted by Crippen LogP contribution is 2.33. The zero-order valence-electron chi connectivity index (χ0n) is 60.8. The predicted molar refractivity (Wildman–Crippen MR) is 383 cm³/mol. The van der Waals surface area contributed by atoms with Gasteiger partial charge in [-0.15, -0.1) is 0 Å². The number of aliphatic hydroxyl groups excluding tert-OH is 11. The molecule has 19 nitrogen and oxygen atoms in total.